The summed E-state index contributed by atoms with van der Waals surface area (Å²) in [7, 11) is 0. The van der Waals surface area contributed by atoms with E-state index in [2.05, 4.69) is 18.2 Å². The number of thioether (sulfide) groups is 1. The van der Waals surface area contributed by atoms with Gasteiger partial charge in [0.15, 0.2) is 0 Å². The number of rotatable bonds is 4. The fourth-order valence-corrected chi connectivity index (χ4v) is 2.55. The van der Waals surface area contributed by atoms with Crippen LogP contribution in [0.2, 0.25) is 0 Å². The Morgan fingerprint density at radius 2 is 1.76 bits per heavy atom. The number of hydrogen-bond donors (Lipinski definition) is 2. The van der Waals surface area contributed by atoms with Crippen LogP contribution in [0, 0.1) is 0 Å². The number of nitrogens with two attached hydrogens (primary N) is 2. The Morgan fingerprint density at radius 1 is 1.00 bits per heavy atom. The summed E-state index contributed by atoms with van der Waals surface area (Å²) in [5, 5.41) is 0. The van der Waals surface area contributed by atoms with Crippen molar-refractivity contribution in [3.63, 3.8) is 0 Å². The van der Waals surface area contributed by atoms with Gasteiger partial charge in [0.25, 0.3) is 0 Å². The first-order valence-corrected chi connectivity index (χ1v) is 6.53. The molecule has 0 saturated heterocycles. The van der Waals surface area contributed by atoms with E-state index in [1.165, 1.54) is 5.56 Å². The molecule has 0 amide bonds. The van der Waals surface area contributed by atoms with Crippen molar-refractivity contribution in [3.05, 3.63) is 60.2 Å². The molecular weight excluding hydrogens is 228 g/mol. The summed E-state index contributed by atoms with van der Waals surface area (Å²) in [5.41, 5.74) is 13.8. The van der Waals surface area contributed by atoms with Crippen LogP contribution in [0.15, 0.2) is 59.5 Å². The van der Waals surface area contributed by atoms with Crippen LogP contribution in [-0.2, 0) is 0 Å². The molecule has 3 heteroatoms. The summed E-state index contributed by atoms with van der Waals surface area (Å²) < 4.78 is 0. The highest BCUT2D eigenvalue weighted by atomic mass is 32.2. The summed E-state index contributed by atoms with van der Waals surface area (Å²) in [6.07, 6.45) is 0. The van der Waals surface area contributed by atoms with Crippen LogP contribution in [0.1, 0.15) is 11.6 Å². The smallest absolute Gasteiger partial charge is 0.0390 e. The van der Waals surface area contributed by atoms with Gasteiger partial charge in [-0.1, -0.05) is 36.4 Å². The lowest BCUT2D eigenvalue weighted by atomic mass is 10.1. The zero-order valence-electron chi connectivity index (χ0n) is 9.54. The van der Waals surface area contributed by atoms with E-state index < -0.39 is 0 Å². The lowest BCUT2D eigenvalue weighted by Crippen LogP contribution is -2.12. The van der Waals surface area contributed by atoms with Gasteiger partial charge in [-0.15, -0.1) is 11.8 Å². The van der Waals surface area contributed by atoms with E-state index >= 15 is 0 Å². The Balaban J connectivity index is 1.95. The Morgan fingerprint density at radius 3 is 2.47 bits per heavy atom. The predicted molar refractivity (Wildman–Crippen MR) is 74.9 cm³/mol. The molecule has 0 aliphatic heterocycles. The standard InChI is InChI=1S/C14H16N2S/c15-12-7-4-8-13(9-12)17-10-14(16)11-5-2-1-3-6-11/h1-9,14H,10,15-16H2. The maximum atomic E-state index is 6.13. The molecule has 88 valence electrons. The third kappa shape index (κ3) is 3.51. The van der Waals surface area contributed by atoms with E-state index in [9.17, 15) is 0 Å². The molecule has 0 saturated carbocycles. The van der Waals surface area contributed by atoms with Crippen LogP contribution in [-0.4, -0.2) is 5.75 Å². The number of benzene rings is 2. The van der Waals surface area contributed by atoms with Gasteiger partial charge in [-0.25, -0.2) is 0 Å². The van der Waals surface area contributed by atoms with E-state index in [0.29, 0.717) is 0 Å². The summed E-state index contributed by atoms with van der Waals surface area (Å²) >= 11 is 1.73. The molecule has 2 aromatic rings. The second-order valence-corrected chi connectivity index (χ2v) is 4.99. The molecule has 2 rings (SSSR count). The molecule has 2 aromatic carbocycles. The topological polar surface area (TPSA) is 52.0 Å². The molecule has 0 radical (unpaired) electrons. The molecule has 0 bridgehead atoms. The Bertz CT molecular complexity index is 471. The number of anilines is 1. The van der Waals surface area contributed by atoms with E-state index in [1.54, 1.807) is 11.8 Å². The van der Waals surface area contributed by atoms with Crippen LogP contribution >= 0.6 is 11.8 Å². The highest BCUT2D eigenvalue weighted by molar-refractivity contribution is 7.99. The minimum Gasteiger partial charge on any atom is -0.399 e. The molecule has 0 fully saturated rings. The molecule has 0 aliphatic carbocycles. The number of nitrogen functional groups attached to an aromatic ring is 1. The molecule has 2 nitrogen and oxygen atoms in total. The van der Waals surface area contributed by atoms with E-state index in [1.807, 2.05) is 36.4 Å². The second-order valence-electron chi connectivity index (χ2n) is 3.90. The molecule has 1 unspecified atom stereocenters. The van der Waals surface area contributed by atoms with Crippen molar-refractivity contribution >= 4 is 17.4 Å². The normalized spacial score (nSPS) is 12.3. The van der Waals surface area contributed by atoms with Gasteiger partial charge in [-0.05, 0) is 23.8 Å². The summed E-state index contributed by atoms with van der Waals surface area (Å²) in [6, 6.07) is 18.1. The van der Waals surface area contributed by atoms with Gasteiger partial charge in [0.05, 0.1) is 0 Å². The maximum Gasteiger partial charge on any atom is 0.0390 e. The summed E-state index contributed by atoms with van der Waals surface area (Å²) in [5.74, 6) is 0.855. The van der Waals surface area contributed by atoms with E-state index in [-0.39, 0.29) is 6.04 Å². The van der Waals surface area contributed by atoms with Gasteiger partial charge in [-0.3, -0.25) is 0 Å². The van der Waals surface area contributed by atoms with Crippen molar-refractivity contribution in [2.45, 2.75) is 10.9 Å². The van der Waals surface area contributed by atoms with Gasteiger partial charge in [0, 0.05) is 22.4 Å². The molecule has 0 heterocycles. The third-order valence-electron chi connectivity index (χ3n) is 2.52. The molecule has 1 atom stereocenters. The fourth-order valence-electron chi connectivity index (χ4n) is 1.59. The van der Waals surface area contributed by atoms with Crippen LogP contribution in [0.4, 0.5) is 5.69 Å². The van der Waals surface area contributed by atoms with Crippen LogP contribution in [0.3, 0.4) is 0 Å². The van der Waals surface area contributed by atoms with Crippen molar-refractivity contribution in [1.82, 2.24) is 0 Å². The molecule has 17 heavy (non-hydrogen) atoms. The molecule has 0 aromatic heterocycles. The fraction of sp³-hybridized carbons (Fsp3) is 0.143. The summed E-state index contributed by atoms with van der Waals surface area (Å²) in [6.45, 7) is 0. The zero-order chi connectivity index (χ0) is 12.1. The molecule has 0 spiro atoms. The third-order valence-corrected chi connectivity index (χ3v) is 3.63. The van der Waals surface area contributed by atoms with Gasteiger partial charge < -0.3 is 11.5 Å². The first-order valence-electron chi connectivity index (χ1n) is 5.54. The molecule has 4 N–H and O–H groups in total. The number of hydrogen-bond acceptors (Lipinski definition) is 3. The minimum absolute atomic E-state index is 0.0580. The molecular formula is C14H16N2S. The van der Waals surface area contributed by atoms with Crippen molar-refractivity contribution in [2.24, 2.45) is 5.73 Å². The SMILES string of the molecule is Nc1cccc(SCC(N)c2ccccc2)c1. The van der Waals surface area contributed by atoms with E-state index in [0.717, 1.165) is 16.3 Å². The maximum absolute atomic E-state index is 6.13. The Hall–Kier alpha value is -1.45. The average molecular weight is 244 g/mol. The summed E-state index contributed by atoms with van der Waals surface area (Å²) in [4.78, 5) is 1.16. The lowest BCUT2D eigenvalue weighted by molar-refractivity contribution is 0.831. The van der Waals surface area contributed by atoms with Crippen LogP contribution in [0.5, 0.6) is 0 Å². The highest BCUT2D eigenvalue weighted by Crippen LogP contribution is 2.24. The van der Waals surface area contributed by atoms with Gasteiger partial charge >= 0.3 is 0 Å². The highest BCUT2D eigenvalue weighted by Gasteiger charge is 2.05. The Kier molecular flexibility index (Phi) is 4.07. The lowest BCUT2D eigenvalue weighted by Gasteiger charge is -2.11. The second kappa shape index (κ2) is 5.75. The zero-order valence-corrected chi connectivity index (χ0v) is 10.4. The first kappa shape index (κ1) is 12.0. The van der Waals surface area contributed by atoms with E-state index in [4.69, 9.17) is 11.5 Å². The van der Waals surface area contributed by atoms with Crippen molar-refractivity contribution in [1.29, 1.82) is 0 Å². The Labute approximate surface area is 106 Å². The van der Waals surface area contributed by atoms with Crippen LogP contribution < -0.4 is 11.5 Å². The largest absolute Gasteiger partial charge is 0.399 e. The van der Waals surface area contributed by atoms with Gasteiger partial charge in [0.1, 0.15) is 0 Å². The van der Waals surface area contributed by atoms with Gasteiger partial charge in [0.2, 0.25) is 0 Å². The van der Waals surface area contributed by atoms with Crippen molar-refractivity contribution < 1.29 is 0 Å². The van der Waals surface area contributed by atoms with Crippen molar-refractivity contribution in [2.75, 3.05) is 11.5 Å². The monoisotopic (exact) mass is 244 g/mol. The van der Waals surface area contributed by atoms with Gasteiger partial charge in [-0.2, -0.15) is 0 Å². The first-order chi connectivity index (χ1) is 8.25. The van der Waals surface area contributed by atoms with Crippen molar-refractivity contribution in [3.8, 4) is 0 Å². The molecule has 0 aliphatic rings. The average Bonchev–Trinajstić information content (AvgIpc) is 2.37. The minimum atomic E-state index is 0.0580. The predicted octanol–water partition coefficient (Wildman–Crippen LogP) is 3.06. The van der Waals surface area contributed by atoms with Crippen LogP contribution in [0.25, 0.3) is 0 Å². The quantitative estimate of drug-likeness (QED) is 0.642.